The summed E-state index contributed by atoms with van der Waals surface area (Å²) in [6, 6.07) is 19.0. The highest BCUT2D eigenvalue weighted by atomic mass is 16.2. The third-order valence-electron chi connectivity index (χ3n) is 4.97. The Bertz CT molecular complexity index is 1140. The lowest BCUT2D eigenvalue weighted by molar-refractivity contribution is -0.120. The molecule has 1 N–H and O–H groups in total. The average Bonchev–Trinajstić information content (AvgIpc) is 2.88. The van der Waals surface area contributed by atoms with Crippen LogP contribution in [0.5, 0.6) is 0 Å². The fourth-order valence-corrected chi connectivity index (χ4v) is 3.39. The van der Waals surface area contributed by atoms with Crippen molar-refractivity contribution in [3.8, 4) is 0 Å². The van der Waals surface area contributed by atoms with Crippen LogP contribution in [0.4, 0.5) is 17.2 Å². The molecule has 0 saturated carbocycles. The van der Waals surface area contributed by atoms with Crippen LogP contribution < -0.4 is 10.2 Å². The van der Waals surface area contributed by atoms with Crippen molar-refractivity contribution in [2.75, 3.05) is 16.8 Å². The smallest absolute Gasteiger partial charge is 0.244 e. The molecule has 0 atom stereocenters. The zero-order valence-corrected chi connectivity index (χ0v) is 16.9. The second-order valence-corrected chi connectivity index (χ2v) is 7.29. The minimum absolute atomic E-state index is 0.0944. The summed E-state index contributed by atoms with van der Waals surface area (Å²) in [4.78, 5) is 36.3. The van der Waals surface area contributed by atoms with Crippen LogP contribution in [-0.4, -0.2) is 29.1 Å². The summed E-state index contributed by atoms with van der Waals surface area (Å²) in [6.45, 7) is 3.77. The summed E-state index contributed by atoms with van der Waals surface area (Å²) in [5.41, 5.74) is 4.86. The van der Waals surface area contributed by atoms with Crippen molar-refractivity contribution in [1.82, 2.24) is 4.98 Å². The first-order valence-electron chi connectivity index (χ1n) is 9.77. The molecule has 1 aliphatic heterocycles. The number of carbonyl (C=O) groups is 2. The number of aromatic nitrogens is 1. The Kier molecular flexibility index (Phi) is 5.39. The first-order chi connectivity index (χ1) is 14.5. The molecule has 2 amide bonds. The molecule has 6 heteroatoms. The molecule has 0 aliphatic carbocycles. The lowest BCUT2D eigenvalue weighted by atomic mass is 10.1. The molecule has 30 heavy (non-hydrogen) atoms. The van der Waals surface area contributed by atoms with Gasteiger partial charge in [-0.15, -0.1) is 0 Å². The van der Waals surface area contributed by atoms with E-state index >= 15 is 0 Å². The van der Waals surface area contributed by atoms with Crippen molar-refractivity contribution in [2.45, 2.75) is 20.3 Å². The molecular formula is C24H22N4O2. The average molecular weight is 398 g/mol. The number of carbonyl (C=O) groups excluding carboxylic acids is 2. The molecule has 1 aromatic heterocycles. The first-order valence-corrected chi connectivity index (χ1v) is 9.77. The Morgan fingerprint density at radius 1 is 1.07 bits per heavy atom. The second-order valence-electron chi connectivity index (χ2n) is 7.29. The third kappa shape index (κ3) is 4.12. The quantitative estimate of drug-likeness (QED) is 0.716. The first kappa shape index (κ1) is 19.5. The van der Waals surface area contributed by atoms with Crippen molar-refractivity contribution in [1.29, 1.82) is 0 Å². The van der Waals surface area contributed by atoms with Gasteiger partial charge in [0, 0.05) is 11.9 Å². The molecule has 0 radical (unpaired) electrons. The minimum atomic E-state index is -0.281. The number of rotatable bonds is 4. The summed E-state index contributed by atoms with van der Waals surface area (Å²) in [5.74, 6) is -0.104. The molecule has 2 aromatic carbocycles. The van der Waals surface area contributed by atoms with E-state index in [0.29, 0.717) is 17.2 Å². The van der Waals surface area contributed by atoms with Crippen molar-refractivity contribution in [2.24, 2.45) is 4.99 Å². The highest BCUT2D eigenvalue weighted by Gasteiger charge is 2.27. The van der Waals surface area contributed by atoms with Crippen LogP contribution in [0.15, 0.2) is 71.9 Å². The third-order valence-corrected chi connectivity index (χ3v) is 4.97. The Hall–Kier alpha value is -3.80. The number of aliphatic imine (C=N–C) groups is 1. The zero-order chi connectivity index (χ0) is 21.1. The van der Waals surface area contributed by atoms with E-state index in [9.17, 15) is 9.59 Å². The van der Waals surface area contributed by atoms with E-state index < -0.39 is 0 Å². The lowest BCUT2D eigenvalue weighted by Crippen LogP contribution is -2.39. The van der Waals surface area contributed by atoms with Crippen LogP contribution in [0, 0.1) is 13.8 Å². The van der Waals surface area contributed by atoms with Crippen LogP contribution in [0.1, 0.15) is 23.1 Å². The van der Waals surface area contributed by atoms with E-state index in [1.165, 1.54) is 4.90 Å². The van der Waals surface area contributed by atoms with Crippen LogP contribution in [0.3, 0.4) is 0 Å². The monoisotopic (exact) mass is 398 g/mol. The van der Waals surface area contributed by atoms with Gasteiger partial charge in [-0.1, -0.05) is 42.5 Å². The number of amides is 2. The van der Waals surface area contributed by atoms with Gasteiger partial charge in [0.15, 0.2) is 5.82 Å². The second kappa shape index (κ2) is 8.29. The molecule has 0 bridgehead atoms. The van der Waals surface area contributed by atoms with E-state index in [2.05, 4.69) is 15.3 Å². The SMILES string of the molecule is Cc1ccc(C)c(NC(=O)CN2C(=O)CC(c3ccccc3)=Nc3cccnc32)c1. The van der Waals surface area contributed by atoms with E-state index in [-0.39, 0.29) is 24.8 Å². The van der Waals surface area contributed by atoms with Crippen molar-refractivity contribution >= 4 is 34.7 Å². The van der Waals surface area contributed by atoms with Gasteiger partial charge in [0.05, 0.1) is 12.1 Å². The minimum Gasteiger partial charge on any atom is -0.324 e. The fourth-order valence-electron chi connectivity index (χ4n) is 3.39. The summed E-state index contributed by atoms with van der Waals surface area (Å²) >= 11 is 0. The predicted molar refractivity (Wildman–Crippen MR) is 118 cm³/mol. The number of nitrogens with zero attached hydrogens (tertiary/aromatic N) is 3. The molecule has 2 heterocycles. The predicted octanol–water partition coefficient (Wildman–Crippen LogP) is 4.19. The molecule has 1 aliphatic rings. The van der Waals surface area contributed by atoms with Gasteiger partial charge in [-0.3, -0.25) is 14.5 Å². The van der Waals surface area contributed by atoms with Gasteiger partial charge in [0.2, 0.25) is 11.8 Å². The maximum atomic E-state index is 13.1. The van der Waals surface area contributed by atoms with Gasteiger partial charge in [0.25, 0.3) is 0 Å². The number of anilines is 2. The van der Waals surface area contributed by atoms with Gasteiger partial charge >= 0.3 is 0 Å². The van der Waals surface area contributed by atoms with Crippen molar-refractivity contribution in [3.63, 3.8) is 0 Å². The van der Waals surface area contributed by atoms with Crippen LogP contribution >= 0.6 is 0 Å². The Morgan fingerprint density at radius 3 is 2.67 bits per heavy atom. The summed E-state index contributed by atoms with van der Waals surface area (Å²) < 4.78 is 0. The van der Waals surface area contributed by atoms with Crippen LogP contribution in [-0.2, 0) is 9.59 Å². The van der Waals surface area contributed by atoms with Gasteiger partial charge in [-0.05, 0) is 48.7 Å². The highest BCUT2D eigenvalue weighted by Crippen LogP contribution is 2.30. The van der Waals surface area contributed by atoms with Crippen molar-refractivity contribution < 1.29 is 9.59 Å². The number of aryl methyl sites for hydroxylation is 2. The molecule has 0 fully saturated rings. The number of benzene rings is 2. The van der Waals surface area contributed by atoms with Gasteiger partial charge < -0.3 is 5.32 Å². The summed E-state index contributed by atoms with van der Waals surface area (Å²) in [5, 5.41) is 2.91. The number of hydrogen-bond acceptors (Lipinski definition) is 4. The summed E-state index contributed by atoms with van der Waals surface area (Å²) in [7, 11) is 0. The Balaban J connectivity index is 1.61. The molecule has 3 aromatic rings. The normalized spacial score (nSPS) is 13.3. The topological polar surface area (TPSA) is 74.7 Å². The maximum Gasteiger partial charge on any atom is 0.244 e. The molecular weight excluding hydrogens is 376 g/mol. The molecule has 0 spiro atoms. The summed E-state index contributed by atoms with van der Waals surface area (Å²) in [6.07, 6.45) is 1.70. The standard InChI is InChI=1S/C24H22N4O2/c1-16-10-11-17(2)20(13-16)27-22(29)15-28-23(30)14-21(18-7-4-3-5-8-18)26-19-9-6-12-25-24(19)28/h3-13H,14-15H2,1-2H3,(H,27,29). The van der Waals surface area contributed by atoms with Crippen LogP contribution in [0.2, 0.25) is 0 Å². The number of pyridine rings is 1. The molecule has 0 unspecified atom stereocenters. The molecule has 4 rings (SSSR count). The molecule has 6 nitrogen and oxygen atoms in total. The number of fused-ring (bicyclic) bond motifs is 1. The van der Waals surface area contributed by atoms with E-state index in [1.54, 1.807) is 18.3 Å². The lowest BCUT2D eigenvalue weighted by Gasteiger charge is -2.21. The number of nitrogens with one attached hydrogen (secondary N) is 1. The van der Waals surface area contributed by atoms with E-state index in [1.807, 2.05) is 62.4 Å². The van der Waals surface area contributed by atoms with E-state index in [4.69, 9.17) is 0 Å². The van der Waals surface area contributed by atoms with E-state index in [0.717, 1.165) is 22.4 Å². The van der Waals surface area contributed by atoms with Gasteiger partial charge in [-0.2, -0.15) is 0 Å². The highest BCUT2D eigenvalue weighted by molar-refractivity contribution is 6.18. The van der Waals surface area contributed by atoms with Gasteiger partial charge in [-0.25, -0.2) is 9.98 Å². The molecule has 0 saturated heterocycles. The van der Waals surface area contributed by atoms with Crippen molar-refractivity contribution in [3.05, 3.63) is 83.6 Å². The van der Waals surface area contributed by atoms with Crippen LogP contribution in [0.25, 0.3) is 0 Å². The number of hydrogen-bond donors (Lipinski definition) is 1. The van der Waals surface area contributed by atoms with Gasteiger partial charge in [0.1, 0.15) is 12.2 Å². The maximum absolute atomic E-state index is 13.1. The largest absolute Gasteiger partial charge is 0.324 e. The molecule has 150 valence electrons. The Labute approximate surface area is 175 Å². The Morgan fingerprint density at radius 2 is 1.87 bits per heavy atom. The zero-order valence-electron chi connectivity index (χ0n) is 16.9. The fraction of sp³-hybridized carbons (Fsp3) is 0.167.